The molecule has 0 aliphatic carbocycles. The van der Waals surface area contributed by atoms with Crippen LogP contribution in [0.1, 0.15) is 42.5 Å². The zero-order valence-electron chi connectivity index (χ0n) is 21.7. The predicted molar refractivity (Wildman–Crippen MR) is 137 cm³/mol. The molecule has 12 heteroatoms. The van der Waals surface area contributed by atoms with Crippen LogP contribution in [0.2, 0.25) is 0 Å². The summed E-state index contributed by atoms with van der Waals surface area (Å²) in [5.41, 5.74) is 1.60. The number of pyridine rings is 1. The van der Waals surface area contributed by atoms with Crippen molar-refractivity contribution in [2.45, 2.75) is 31.2 Å². The van der Waals surface area contributed by atoms with E-state index in [9.17, 15) is 23.5 Å². The smallest absolute Gasteiger partial charge is 0.330 e. The number of nitrogens with one attached hydrogen (secondary N) is 2. The molecule has 0 bridgehead atoms. The number of nitrogens with zero attached hydrogens (tertiary/aromatic N) is 3. The molecule has 2 aliphatic heterocycles. The highest BCUT2D eigenvalue weighted by Crippen LogP contribution is 2.34. The van der Waals surface area contributed by atoms with E-state index in [1.807, 2.05) is 18.3 Å². The number of piperidine rings is 1. The van der Waals surface area contributed by atoms with Gasteiger partial charge in [0.05, 0.1) is 19.8 Å². The lowest BCUT2D eigenvalue weighted by Crippen LogP contribution is -2.54. The van der Waals surface area contributed by atoms with Crippen molar-refractivity contribution >= 4 is 12.1 Å². The molecule has 0 radical (unpaired) electrons. The van der Waals surface area contributed by atoms with E-state index in [1.54, 1.807) is 0 Å². The number of amides is 4. The lowest BCUT2D eigenvalue weighted by Gasteiger charge is -2.37. The molecule has 1 atom stereocenters. The van der Waals surface area contributed by atoms with Gasteiger partial charge in [-0.15, -0.1) is 0 Å². The van der Waals surface area contributed by atoms with Crippen molar-refractivity contribution in [2.24, 2.45) is 0 Å². The molecule has 4 amide bonds. The maximum Gasteiger partial charge on any atom is 0.330 e. The summed E-state index contributed by atoms with van der Waals surface area (Å²) in [6.45, 7) is 2.12. The standard InChI is InChI=1S/C27H33F2N5O5/c1-38-39-17-20-24(16-35)32-27(37)34(25(20)19-6-7-21(28)22(29)15-19)26(36)31-11-4-12-33-13-8-18(9-14-33)23-5-2-3-10-30-23/h2-3,5-7,10,15,18,25,35H,4,8-9,11-14,16-17H2,1H3,(H,31,36)(H,32,37). The van der Waals surface area contributed by atoms with Crippen molar-refractivity contribution < 1.29 is 33.3 Å². The molecular weight excluding hydrogens is 512 g/mol. The first kappa shape index (κ1) is 28.6. The van der Waals surface area contributed by atoms with Crippen LogP contribution in [0, 0.1) is 11.6 Å². The van der Waals surface area contributed by atoms with Crippen LogP contribution in [-0.2, 0) is 9.78 Å². The number of likely N-dealkylation sites (tertiary alicyclic amines) is 1. The number of aliphatic hydroxyl groups excluding tert-OH is 1. The number of rotatable bonds is 10. The maximum absolute atomic E-state index is 14.1. The van der Waals surface area contributed by atoms with Gasteiger partial charge in [-0.1, -0.05) is 12.1 Å². The van der Waals surface area contributed by atoms with E-state index in [-0.39, 0.29) is 23.4 Å². The molecule has 4 rings (SSSR count). The minimum atomic E-state index is -1.16. The van der Waals surface area contributed by atoms with Crippen molar-refractivity contribution in [1.82, 2.24) is 25.4 Å². The van der Waals surface area contributed by atoms with E-state index >= 15 is 0 Å². The van der Waals surface area contributed by atoms with Gasteiger partial charge in [-0.25, -0.2) is 33.0 Å². The molecule has 1 aromatic carbocycles. The number of aromatic nitrogens is 1. The number of hydrogen-bond donors (Lipinski definition) is 3. The Hall–Kier alpha value is -3.45. The second-order valence-corrected chi connectivity index (χ2v) is 9.42. The number of halogens is 2. The molecule has 1 fully saturated rings. The Kier molecular flexibility index (Phi) is 9.93. The van der Waals surface area contributed by atoms with Gasteiger partial charge in [-0.2, -0.15) is 0 Å². The topological polar surface area (TPSA) is 116 Å². The minimum Gasteiger partial charge on any atom is -0.390 e. The Bertz CT molecular complexity index is 1170. The highest BCUT2D eigenvalue weighted by atomic mass is 19.2. The number of carbonyl (C=O) groups excluding carboxylic acids is 2. The number of imide groups is 1. The number of benzene rings is 1. The van der Waals surface area contributed by atoms with Gasteiger partial charge >= 0.3 is 12.1 Å². The number of carbonyl (C=O) groups is 2. The van der Waals surface area contributed by atoms with Crippen LogP contribution >= 0.6 is 0 Å². The van der Waals surface area contributed by atoms with Crippen LogP contribution in [0.5, 0.6) is 0 Å². The summed E-state index contributed by atoms with van der Waals surface area (Å²) in [5, 5.41) is 15.1. The van der Waals surface area contributed by atoms with Crippen molar-refractivity contribution in [3.8, 4) is 0 Å². The van der Waals surface area contributed by atoms with Gasteiger partial charge in [0.2, 0.25) is 0 Å². The first-order chi connectivity index (χ1) is 18.9. The molecule has 0 saturated carbocycles. The molecule has 2 aliphatic rings. The zero-order valence-corrected chi connectivity index (χ0v) is 21.7. The van der Waals surface area contributed by atoms with E-state index in [0.717, 1.165) is 55.2 Å². The van der Waals surface area contributed by atoms with Crippen LogP contribution in [0.25, 0.3) is 0 Å². The summed E-state index contributed by atoms with van der Waals surface area (Å²) in [7, 11) is 1.28. The Morgan fingerprint density at radius 3 is 2.67 bits per heavy atom. The summed E-state index contributed by atoms with van der Waals surface area (Å²) in [6, 6.07) is 6.39. The summed E-state index contributed by atoms with van der Waals surface area (Å²) >= 11 is 0. The summed E-state index contributed by atoms with van der Waals surface area (Å²) in [4.78, 5) is 43.5. The van der Waals surface area contributed by atoms with Crippen LogP contribution in [0.4, 0.5) is 18.4 Å². The second kappa shape index (κ2) is 13.6. The molecular formula is C27H33F2N5O5. The molecule has 39 heavy (non-hydrogen) atoms. The Labute approximate surface area is 225 Å². The zero-order chi connectivity index (χ0) is 27.8. The average molecular weight is 546 g/mol. The van der Waals surface area contributed by atoms with E-state index in [0.29, 0.717) is 18.9 Å². The van der Waals surface area contributed by atoms with Gasteiger partial charge in [0.1, 0.15) is 6.61 Å². The summed E-state index contributed by atoms with van der Waals surface area (Å²) < 4.78 is 27.8. The Balaban J connectivity index is 1.39. The molecule has 1 saturated heterocycles. The van der Waals surface area contributed by atoms with Crippen molar-refractivity contribution in [3.63, 3.8) is 0 Å². The number of hydrogen-bond acceptors (Lipinski definition) is 7. The lowest BCUT2D eigenvalue weighted by atomic mass is 9.93. The van der Waals surface area contributed by atoms with Crippen LogP contribution in [0.15, 0.2) is 53.9 Å². The van der Waals surface area contributed by atoms with Gasteiger partial charge in [-0.3, -0.25) is 4.98 Å². The van der Waals surface area contributed by atoms with Gasteiger partial charge in [-0.05, 0) is 68.7 Å². The molecule has 2 aromatic rings. The fourth-order valence-electron chi connectivity index (χ4n) is 5.03. The van der Waals surface area contributed by atoms with E-state index in [1.165, 1.54) is 13.2 Å². The van der Waals surface area contributed by atoms with Crippen LogP contribution in [-0.4, -0.2) is 78.5 Å². The molecule has 210 valence electrons. The third kappa shape index (κ3) is 6.95. The average Bonchev–Trinajstić information content (AvgIpc) is 2.96. The normalized spacial score (nSPS) is 18.8. The fourth-order valence-corrected chi connectivity index (χ4v) is 5.03. The quantitative estimate of drug-likeness (QED) is 0.239. The number of urea groups is 2. The largest absolute Gasteiger partial charge is 0.390 e. The first-order valence-corrected chi connectivity index (χ1v) is 12.9. The fraction of sp³-hybridized carbons (Fsp3) is 0.444. The highest BCUT2D eigenvalue weighted by Gasteiger charge is 2.40. The molecule has 1 unspecified atom stereocenters. The lowest BCUT2D eigenvalue weighted by molar-refractivity contribution is -0.266. The van der Waals surface area contributed by atoms with Crippen LogP contribution in [0.3, 0.4) is 0 Å². The van der Waals surface area contributed by atoms with E-state index < -0.39 is 36.3 Å². The summed E-state index contributed by atoms with van der Waals surface area (Å²) in [5.74, 6) is -1.76. The number of aliphatic hydroxyl groups is 1. The van der Waals surface area contributed by atoms with Gasteiger partial charge in [0.15, 0.2) is 11.6 Å². The molecule has 3 heterocycles. The molecule has 1 aromatic heterocycles. The van der Waals surface area contributed by atoms with Gasteiger partial charge in [0, 0.05) is 35.6 Å². The monoisotopic (exact) mass is 545 g/mol. The Morgan fingerprint density at radius 1 is 1.21 bits per heavy atom. The third-order valence-electron chi connectivity index (χ3n) is 7.04. The van der Waals surface area contributed by atoms with E-state index in [4.69, 9.17) is 4.89 Å². The van der Waals surface area contributed by atoms with Crippen molar-refractivity contribution in [1.29, 1.82) is 0 Å². The van der Waals surface area contributed by atoms with Gasteiger partial charge in [0.25, 0.3) is 0 Å². The highest BCUT2D eigenvalue weighted by molar-refractivity contribution is 5.96. The van der Waals surface area contributed by atoms with Crippen molar-refractivity contribution in [3.05, 3.63) is 76.8 Å². The first-order valence-electron chi connectivity index (χ1n) is 12.9. The minimum absolute atomic E-state index is 0.0879. The predicted octanol–water partition coefficient (Wildman–Crippen LogP) is 3.23. The summed E-state index contributed by atoms with van der Waals surface area (Å²) in [6.07, 6.45) is 4.50. The van der Waals surface area contributed by atoms with Crippen molar-refractivity contribution in [2.75, 3.05) is 46.5 Å². The third-order valence-corrected chi connectivity index (χ3v) is 7.04. The SMILES string of the molecule is COOCC1=C(CO)NC(=O)N(C(=O)NCCCN2CCC(c3ccccn3)CC2)C1c1ccc(F)c(F)c1. The Morgan fingerprint density at radius 2 is 2.00 bits per heavy atom. The van der Waals surface area contributed by atoms with E-state index in [2.05, 4.69) is 31.5 Å². The van der Waals surface area contributed by atoms with Gasteiger partial charge < -0.3 is 20.6 Å². The van der Waals surface area contributed by atoms with Crippen LogP contribution < -0.4 is 10.6 Å². The molecule has 0 spiro atoms. The molecule has 10 nitrogen and oxygen atoms in total. The second-order valence-electron chi connectivity index (χ2n) is 9.42. The maximum atomic E-state index is 14.1. The molecule has 3 N–H and O–H groups in total.